The zero-order valence-corrected chi connectivity index (χ0v) is 13.6. The topological polar surface area (TPSA) is 27.7 Å². The third kappa shape index (κ3) is 4.70. The van der Waals surface area contributed by atoms with Crippen molar-refractivity contribution < 1.29 is 4.74 Å². The normalized spacial score (nSPS) is 19.1. The average molecular weight is 291 g/mol. The monoisotopic (exact) mass is 291 g/mol. The summed E-state index contributed by atoms with van der Waals surface area (Å²) in [5.41, 5.74) is 2.69. The Hall–Kier alpha value is -1.10. The van der Waals surface area contributed by atoms with Gasteiger partial charge in [-0.15, -0.1) is 0 Å². The number of likely N-dealkylation sites (tertiary alicyclic amines) is 1. The number of rotatable bonds is 8. The lowest BCUT2D eigenvalue weighted by Crippen LogP contribution is -2.37. The summed E-state index contributed by atoms with van der Waals surface area (Å²) in [6, 6.07) is 9.37. The Bertz CT molecular complexity index is 424. The molecule has 0 aliphatic carbocycles. The first kappa shape index (κ1) is 16.3. The maximum Gasteiger partial charge on any atom is 0.0587 e. The van der Waals surface area contributed by atoms with Crippen LogP contribution in [-0.2, 0) is 11.3 Å². The van der Waals surface area contributed by atoms with Gasteiger partial charge in [0, 0.05) is 45.5 Å². The van der Waals surface area contributed by atoms with Gasteiger partial charge < -0.3 is 19.9 Å². The van der Waals surface area contributed by atoms with E-state index in [0.717, 1.165) is 26.2 Å². The van der Waals surface area contributed by atoms with Gasteiger partial charge in [0.25, 0.3) is 0 Å². The van der Waals surface area contributed by atoms with Crippen molar-refractivity contribution in [2.75, 3.05) is 52.3 Å². The van der Waals surface area contributed by atoms with Gasteiger partial charge in [0.05, 0.1) is 6.61 Å². The van der Waals surface area contributed by atoms with Crippen molar-refractivity contribution in [2.24, 2.45) is 0 Å². The predicted octanol–water partition coefficient (Wildman–Crippen LogP) is 1.95. The van der Waals surface area contributed by atoms with E-state index >= 15 is 0 Å². The van der Waals surface area contributed by atoms with Crippen LogP contribution in [0.25, 0.3) is 0 Å². The lowest BCUT2D eigenvalue weighted by Gasteiger charge is -2.29. The second-order valence-electron chi connectivity index (χ2n) is 5.96. The number of methoxy groups -OCH3 is 1. The molecular weight excluding hydrogens is 262 g/mol. The van der Waals surface area contributed by atoms with Gasteiger partial charge in [-0.3, -0.25) is 0 Å². The fourth-order valence-electron chi connectivity index (χ4n) is 3.05. The minimum absolute atomic E-state index is 0.685. The smallest absolute Gasteiger partial charge is 0.0587 e. The maximum absolute atomic E-state index is 5.08. The fourth-order valence-corrected chi connectivity index (χ4v) is 3.05. The van der Waals surface area contributed by atoms with Gasteiger partial charge in [-0.2, -0.15) is 0 Å². The lowest BCUT2D eigenvalue weighted by molar-refractivity contribution is 0.199. The molecular formula is C17H29N3O. The van der Waals surface area contributed by atoms with Crippen molar-refractivity contribution in [2.45, 2.75) is 25.4 Å². The van der Waals surface area contributed by atoms with Crippen LogP contribution in [0.15, 0.2) is 24.3 Å². The van der Waals surface area contributed by atoms with E-state index in [9.17, 15) is 0 Å². The Morgan fingerprint density at radius 2 is 2.19 bits per heavy atom. The van der Waals surface area contributed by atoms with E-state index in [1.54, 1.807) is 7.11 Å². The zero-order valence-electron chi connectivity index (χ0n) is 13.6. The summed E-state index contributed by atoms with van der Waals surface area (Å²) >= 11 is 0. The van der Waals surface area contributed by atoms with E-state index in [2.05, 4.69) is 53.5 Å². The SMILES string of the molecule is COCCNCc1ccccc1N(C)CC1CCCN1C. The van der Waals surface area contributed by atoms with Gasteiger partial charge in [0.1, 0.15) is 0 Å². The largest absolute Gasteiger partial charge is 0.383 e. The molecule has 1 heterocycles. The highest BCUT2D eigenvalue weighted by Crippen LogP contribution is 2.22. The van der Waals surface area contributed by atoms with Crippen LogP contribution in [0.3, 0.4) is 0 Å². The van der Waals surface area contributed by atoms with Crippen molar-refractivity contribution in [1.29, 1.82) is 0 Å². The highest BCUT2D eigenvalue weighted by Gasteiger charge is 2.22. The van der Waals surface area contributed by atoms with Crippen molar-refractivity contribution in [1.82, 2.24) is 10.2 Å². The molecule has 1 fully saturated rings. The van der Waals surface area contributed by atoms with Crippen LogP contribution in [0, 0.1) is 0 Å². The zero-order chi connectivity index (χ0) is 15.1. The minimum atomic E-state index is 0.685. The number of nitrogens with zero attached hydrogens (tertiary/aromatic N) is 2. The van der Waals surface area contributed by atoms with Crippen molar-refractivity contribution in [3.63, 3.8) is 0 Å². The van der Waals surface area contributed by atoms with Crippen molar-refractivity contribution in [3.05, 3.63) is 29.8 Å². The molecule has 1 aliphatic heterocycles. The first-order valence-electron chi connectivity index (χ1n) is 7.91. The third-order valence-electron chi connectivity index (χ3n) is 4.36. The van der Waals surface area contributed by atoms with Crippen LogP contribution < -0.4 is 10.2 Å². The molecule has 4 heteroatoms. The standard InChI is InChI=1S/C17H29N3O/c1-19-11-6-8-16(19)14-20(2)17-9-5-4-7-15(17)13-18-10-12-21-3/h4-5,7,9,16,18H,6,8,10-14H2,1-3H3. The molecule has 1 unspecified atom stereocenters. The first-order valence-corrected chi connectivity index (χ1v) is 7.91. The molecule has 2 rings (SSSR count). The summed E-state index contributed by atoms with van der Waals surface area (Å²) < 4.78 is 5.08. The summed E-state index contributed by atoms with van der Waals surface area (Å²) in [5.74, 6) is 0. The number of hydrogen-bond donors (Lipinski definition) is 1. The molecule has 0 spiro atoms. The number of nitrogens with one attached hydrogen (secondary N) is 1. The van der Waals surface area contributed by atoms with Crippen molar-refractivity contribution in [3.8, 4) is 0 Å². The summed E-state index contributed by atoms with van der Waals surface area (Å²) in [6.45, 7) is 4.87. The minimum Gasteiger partial charge on any atom is -0.383 e. The molecule has 0 aromatic heterocycles. The number of hydrogen-bond acceptors (Lipinski definition) is 4. The summed E-state index contributed by atoms with van der Waals surface area (Å²) in [7, 11) is 6.19. The lowest BCUT2D eigenvalue weighted by atomic mass is 10.1. The average Bonchev–Trinajstić information content (AvgIpc) is 2.89. The molecule has 0 radical (unpaired) electrons. The van der Waals surface area contributed by atoms with Crippen LogP contribution in [-0.4, -0.2) is 58.4 Å². The van der Waals surface area contributed by atoms with Crippen LogP contribution in [0.2, 0.25) is 0 Å². The number of anilines is 1. The molecule has 1 aromatic carbocycles. The number of para-hydroxylation sites is 1. The Morgan fingerprint density at radius 3 is 2.90 bits per heavy atom. The number of benzene rings is 1. The summed E-state index contributed by atoms with van der Waals surface area (Å²) in [4.78, 5) is 4.88. The molecule has 0 amide bonds. The van der Waals surface area contributed by atoms with Gasteiger partial charge in [-0.05, 0) is 38.1 Å². The number of ether oxygens (including phenoxy) is 1. The second-order valence-corrected chi connectivity index (χ2v) is 5.96. The predicted molar refractivity (Wildman–Crippen MR) is 88.9 cm³/mol. The molecule has 1 atom stereocenters. The highest BCUT2D eigenvalue weighted by atomic mass is 16.5. The summed E-state index contributed by atoms with van der Waals surface area (Å²) in [5, 5.41) is 3.44. The van der Waals surface area contributed by atoms with Gasteiger partial charge in [-0.25, -0.2) is 0 Å². The van der Waals surface area contributed by atoms with Gasteiger partial charge in [0.2, 0.25) is 0 Å². The first-order chi connectivity index (χ1) is 10.2. The molecule has 4 nitrogen and oxygen atoms in total. The van der Waals surface area contributed by atoms with E-state index in [1.807, 2.05) is 0 Å². The Morgan fingerprint density at radius 1 is 1.38 bits per heavy atom. The van der Waals surface area contributed by atoms with E-state index < -0.39 is 0 Å². The molecule has 1 N–H and O–H groups in total. The van der Waals surface area contributed by atoms with E-state index in [1.165, 1.54) is 30.6 Å². The van der Waals surface area contributed by atoms with Gasteiger partial charge in [0.15, 0.2) is 0 Å². The highest BCUT2D eigenvalue weighted by molar-refractivity contribution is 5.53. The molecule has 0 saturated carbocycles. The Kier molecular flexibility index (Phi) is 6.49. The fraction of sp³-hybridized carbons (Fsp3) is 0.647. The third-order valence-corrected chi connectivity index (χ3v) is 4.36. The Labute approximate surface area is 129 Å². The van der Waals surface area contributed by atoms with Crippen LogP contribution in [0.1, 0.15) is 18.4 Å². The molecule has 0 bridgehead atoms. The van der Waals surface area contributed by atoms with Crippen LogP contribution >= 0.6 is 0 Å². The molecule has 118 valence electrons. The second kappa shape index (κ2) is 8.37. The van der Waals surface area contributed by atoms with E-state index in [-0.39, 0.29) is 0 Å². The van der Waals surface area contributed by atoms with Gasteiger partial charge >= 0.3 is 0 Å². The van der Waals surface area contributed by atoms with E-state index in [0.29, 0.717) is 6.04 Å². The number of likely N-dealkylation sites (N-methyl/N-ethyl adjacent to an activating group) is 2. The maximum atomic E-state index is 5.08. The van der Waals surface area contributed by atoms with Crippen molar-refractivity contribution >= 4 is 5.69 Å². The van der Waals surface area contributed by atoms with Crippen LogP contribution in [0.4, 0.5) is 5.69 Å². The molecule has 1 aliphatic rings. The van der Waals surface area contributed by atoms with E-state index in [4.69, 9.17) is 4.74 Å². The summed E-state index contributed by atoms with van der Waals surface area (Å²) in [6.07, 6.45) is 2.64. The molecule has 1 aromatic rings. The van der Waals surface area contributed by atoms with Gasteiger partial charge in [-0.1, -0.05) is 18.2 Å². The van der Waals surface area contributed by atoms with Crippen LogP contribution in [0.5, 0.6) is 0 Å². The molecule has 21 heavy (non-hydrogen) atoms. The Balaban J connectivity index is 1.94. The quantitative estimate of drug-likeness (QED) is 0.741. The molecule has 1 saturated heterocycles.